The summed E-state index contributed by atoms with van der Waals surface area (Å²) in [5, 5.41) is 0. The van der Waals surface area contributed by atoms with Crippen molar-refractivity contribution in [2.45, 2.75) is 187 Å². The van der Waals surface area contributed by atoms with Gasteiger partial charge in [0.15, 0.2) is 0 Å². The molecule has 0 nitrogen and oxygen atoms in total. The highest BCUT2D eigenvalue weighted by atomic mass is 14.0. The molecule has 0 atom stereocenters. The van der Waals surface area contributed by atoms with E-state index in [-0.39, 0.29) is 0 Å². The number of hydrogen-bond acceptors (Lipinski definition) is 0. The third-order valence-electron chi connectivity index (χ3n) is 7.08. The Labute approximate surface area is 211 Å². The molecule has 0 aliphatic carbocycles. The molecule has 0 radical (unpaired) electrons. The van der Waals surface area contributed by atoms with Gasteiger partial charge in [-0.05, 0) is 25.7 Å². The Morgan fingerprint density at radius 1 is 0.273 bits per heavy atom. The summed E-state index contributed by atoms with van der Waals surface area (Å²) < 4.78 is 0. The summed E-state index contributed by atoms with van der Waals surface area (Å²) in [4.78, 5) is 0. The van der Waals surface area contributed by atoms with Gasteiger partial charge in [-0.1, -0.05) is 186 Å². The van der Waals surface area contributed by atoms with Crippen LogP contribution in [0.15, 0.2) is 24.3 Å². The van der Waals surface area contributed by atoms with Crippen LogP contribution in [0.4, 0.5) is 0 Å². The van der Waals surface area contributed by atoms with Crippen molar-refractivity contribution in [2.24, 2.45) is 0 Å². The third kappa shape index (κ3) is 31.5. The summed E-state index contributed by atoms with van der Waals surface area (Å²) >= 11 is 0. The van der Waals surface area contributed by atoms with E-state index in [2.05, 4.69) is 38.2 Å². The van der Waals surface area contributed by atoms with Crippen molar-refractivity contribution in [1.82, 2.24) is 0 Å². The standard InChI is InChI=1S/C33H64/c1-3-5-7-9-11-13-15-17-19-21-23-25-27-29-31-33-32-30-28-26-24-22-20-18-16-14-12-10-8-6-4-2/h29,31-33H,3-28,30H2,1-2H3. The summed E-state index contributed by atoms with van der Waals surface area (Å²) in [6.07, 6.45) is 47.9. The van der Waals surface area contributed by atoms with Crippen LogP contribution in [-0.4, -0.2) is 0 Å². The van der Waals surface area contributed by atoms with Crippen LogP contribution in [0.1, 0.15) is 187 Å². The number of hydrogen-bond donors (Lipinski definition) is 0. The molecule has 0 fully saturated rings. The maximum absolute atomic E-state index is 2.37. The molecule has 0 aliphatic rings. The van der Waals surface area contributed by atoms with Gasteiger partial charge in [0.1, 0.15) is 0 Å². The Morgan fingerprint density at radius 3 is 0.727 bits per heavy atom. The van der Waals surface area contributed by atoms with Gasteiger partial charge in [0, 0.05) is 0 Å². The molecule has 196 valence electrons. The molecule has 0 saturated carbocycles. The fraction of sp³-hybridized carbons (Fsp3) is 0.879. The summed E-state index contributed by atoms with van der Waals surface area (Å²) in [6.45, 7) is 4.60. The van der Waals surface area contributed by atoms with Crippen molar-refractivity contribution in [3.8, 4) is 0 Å². The van der Waals surface area contributed by atoms with E-state index in [0.29, 0.717) is 0 Å². The molecule has 0 heterocycles. The molecule has 0 aromatic heterocycles. The lowest BCUT2D eigenvalue weighted by molar-refractivity contribution is 0.540. The lowest BCUT2D eigenvalue weighted by Gasteiger charge is -2.02. The predicted molar refractivity (Wildman–Crippen MR) is 154 cm³/mol. The van der Waals surface area contributed by atoms with Crippen molar-refractivity contribution < 1.29 is 0 Å². The monoisotopic (exact) mass is 461 g/mol. The van der Waals surface area contributed by atoms with Crippen LogP contribution in [0.3, 0.4) is 0 Å². The molecule has 0 aromatic carbocycles. The average molecular weight is 461 g/mol. The molecule has 0 bridgehead atoms. The Bertz CT molecular complexity index is 377. The summed E-state index contributed by atoms with van der Waals surface area (Å²) in [5.41, 5.74) is 0. The zero-order chi connectivity index (χ0) is 23.9. The van der Waals surface area contributed by atoms with Crippen LogP contribution in [-0.2, 0) is 0 Å². The number of unbranched alkanes of at least 4 members (excludes halogenated alkanes) is 25. The molecule has 0 spiro atoms. The van der Waals surface area contributed by atoms with E-state index in [1.54, 1.807) is 0 Å². The zero-order valence-corrected chi connectivity index (χ0v) is 23.4. The second kappa shape index (κ2) is 31.5. The van der Waals surface area contributed by atoms with E-state index >= 15 is 0 Å². The lowest BCUT2D eigenvalue weighted by Crippen LogP contribution is -1.82. The van der Waals surface area contributed by atoms with E-state index in [1.165, 1.54) is 173 Å². The Balaban J connectivity index is 3.14. The highest BCUT2D eigenvalue weighted by Gasteiger charge is 1.94. The van der Waals surface area contributed by atoms with Crippen molar-refractivity contribution in [3.05, 3.63) is 24.3 Å². The molecule has 0 aliphatic heterocycles. The topological polar surface area (TPSA) is 0 Å². The van der Waals surface area contributed by atoms with Crippen LogP contribution in [0.5, 0.6) is 0 Å². The lowest BCUT2D eigenvalue weighted by atomic mass is 10.0. The van der Waals surface area contributed by atoms with Crippen LogP contribution >= 0.6 is 0 Å². The van der Waals surface area contributed by atoms with Crippen molar-refractivity contribution >= 4 is 0 Å². The van der Waals surface area contributed by atoms with Gasteiger partial charge < -0.3 is 0 Å². The predicted octanol–water partition coefficient (Wildman–Crippen LogP) is 12.7. The normalized spacial score (nSPS) is 11.9. The first kappa shape index (κ1) is 32.5. The quantitative estimate of drug-likeness (QED) is 0.0804. The summed E-state index contributed by atoms with van der Waals surface area (Å²) in [6, 6.07) is 0. The second-order valence-corrected chi connectivity index (χ2v) is 10.6. The summed E-state index contributed by atoms with van der Waals surface area (Å²) in [5.74, 6) is 0. The maximum atomic E-state index is 2.37. The minimum Gasteiger partial charge on any atom is -0.0845 e. The molecule has 0 amide bonds. The van der Waals surface area contributed by atoms with E-state index in [9.17, 15) is 0 Å². The number of allylic oxidation sites excluding steroid dienone is 4. The molecule has 0 N–H and O–H groups in total. The Morgan fingerprint density at radius 2 is 0.485 bits per heavy atom. The van der Waals surface area contributed by atoms with Gasteiger partial charge in [-0.2, -0.15) is 0 Å². The van der Waals surface area contributed by atoms with Gasteiger partial charge in [0.2, 0.25) is 0 Å². The Hall–Kier alpha value is -0.520. The fourth-order valence-corrected chi connectivity index (χ4v) is 4.73. The summed E-state index contributed by atoms with van der Waals surface area (Å²) in [7, 11) is 0. The van der Waals surface area contributed by atoms with Gasteiger partial charge in [0.25, 0.3) is 0 Å². The van der Waals surface area contributed by atoms with Crippen LogP contribution in [0.25, 0.3) is 0 Å². The molecule has 0 aromatic rings. The zero-order valence-electron chi connectivity index (χ0n) is 23.4. The second-order valence-electron chi connectivity index (χ2n) is 10.6. The average Bonchev–Trinajstić information content (AvgIpc) is 2.83. The highest BCUT2D eigenvalue weighted by Crippen LogP contribution is 2.14. The molecular weight excluding hydrogens is 396 g/mol. The molecule has 0 saturated heterocycles. The van der Waals surface area contributed by atoms with Gasteiger partial charge in [0.05, 0.1) is 0 Å². The van der Waals surface area contributed by atoms with Gasteiger partial charge in [-0.25, -0.2) is 0 Å². The molecule has 0 unspecified atom stereocenters. The smallest absolute Gasteiger partial charge is 0.0348 e. The van der Waals surface area contributed by atoms with E-state index in [4.69, 9.17) is 0 Å². The fourth-order valence-electron chi connectivity index (χ4n) is 4.73. The first-order valence-corrected chi connectivity index (χ1v) is 15.7. The largest absolute Gasteiger partial charge is 0.0845 e. The van der Waals surface area contributed by atoms with Gasteiger partial charge in [-0.3, -0.25) is 0 Å². The first-order chi connectivity index (χ1) is 16.4. The van der Waals surface area contributed by atoms with E-state index in [1.807, 2.05) is 0 Å². The van der Waals surface area contributed by atoms with Crippen LogP contribution < -0.4 is 0 Å². The maximum Gasteiger partial charge on any atom is -0.0348 e. The van der Waals surface area contributed by atoms with Gasteiger partial charge >= 0.3 is 0 Å². The minimum atomic E-state index is 1.26. The van der Waals surface area contributed by atoms with E-state index < -0.39 is 0 Å². The van der Waals surface area contributed by atoms with Crippen molar-refractivity contribution in [2.75, 3.05) is 0 Å². The highest BCUT2D eigenvalue weighted by molar-refractivity contribution is 5.02. The third-order valence-corrected chi connectivity index (χ3v) is 7.08. The number of rotatable bonds is 28. The molecule has 0 rings (SSSR count). The Kier molecular flexibility index (Phi) is 31.0. The van der Waals surface area contributed by atoms with Crippen molar-refractivity contribution in [3.63, 3.8) is 0 Å². The SMILES string of the molecule is CCCCCCCCCCCCCCC=CC=CCCCCCCCCCCCCCCC. The molecule has 0 heteroatoms. The minimum absolute atomic E-state index is 1.26. The molecular formula is C33H64. The van der Waals surface area contributed by atoms with Gasteiger partial charge in [-0.15, -0.1) is 0 Å². The van der Waals surface area contributed by atoms with Crippen molar-refractivity contribution in [1.29, 1.82) is 0 Å². The van der Waals surface area contributed by atoms with E-state index in [0.717, 1.165) is 0 Å². The first-order valence-electron chi connectivity index (χ1n) is 15.7. The molecule has 33 heavy (non-hydrogen) atoms. The van der Waals surface area contributed by atoms with Crippen LogP contribution in [0.2, 0.25) is 0 Å². The van der Waals surface area contributed by atoms with Crippen LogP contribution in [0, 0.1) is 0 Å².